The van der Waals surface area contributed by atoms with Crippen LogP contribution in [0.2, 0.25) is 0 Å². The van der Waals surface area contributed by atoms with Crippen molar-refractivity contribution in [3.63, 3.8) is 0 Å². The van der Waals surface area contributed by atoms with E-state index in [1.54, 1.807) is 12.4 Å². The second kappa shape index (κ2) is 6.05. The van der Waals surface area contributed by atoms with Crippen molar-refractivity contribution in [2.24, 2.45) is 0 Å². The Morgan fingerprint density at radius 1 is 0.762 bits per heavy atom. The molecule has 2 aromatic carbocycles. The number of rotatable bonds is 4. The highest BCUT2D eigenvalue weighted by atomic mass is 15.0. The van der Waals surface area contributed by atoms with Crippen LogP contribution in [0.1, 0.15) is 17.2 Å². The molecule has 0 aliphatic heterocycles. The monoisotopic (exact) mass is 276 g/mol. The topological polar surface area (TPSA) is 63.8 Å². The lowest BCUT2D eigenvalue weighted by Gasteiger charge is -2.20. The summed E-state index contributed by atoms with van der Waals surface area (Å²) in [6, 6.07) is 20.5. The molecule has 104 valence electrons. The van der Waals surface area contributed by atoms with Gasteiger partial charge in [-0.3, -0.25) is 0 Å². The average Bonchev–Trinajstić information content (AvgIpc) is 2.56. The van der Waals surface area contributed by atoms with Crippen LogP contribution in [-0.4, -0.2) is 9.97 Å². The Kier molecular flexibility index (Phi) is 3.78. The smallest absolute Gasteiger partial charge is 0.145 e. The van der Waals surface area contributed by atoms with Crippen LogP contribution in [0.4, 0.5) is 11.6 Å². The SMILES string of the molecule is Nc1cnc(NC(c2ccccc2)c2ccccc2)cn1. The highest BCUT2D eigenvalue weighted by Crippen LogP contribution is 2.25. The van der Waals surface area contributed by atoms with Crippen molar-refractivity contribution >= 4 is 11.6 Å². The van der Waals surface area contributed by atoms with Gasteiger partial charge in [0.05, 0.1) is 18.4 Å². The molecule has 1 aromatic heterocycles. The van der Waals surface area contributed by atoms with Crippen LogP contribution in [0.15, 0.2) is 73.1 Å². The first kappa shape index (κ1) is 13.1. The normalized spacial score (nSPS) is 10.5. The van der Waals surface area contributed by atoms with Crippen LogP contribution in [-0.2, 0) is 0 Å². The van der Waals surface area contributed by atoms with Gasteiger partial charge in [-0.1, -0.05) is 60.7 Å². The summed E-state index contributed by atoms with van der Waals surface area (Å²) in [4.78, 5) is 8.34. The number of nitrogen functional groups attached to an aromatic ring is 1. The van der Waals surface area contributed by atoms with Crippen molar-refractivity contribution in [3.05, 3.63) is 84.2 Å². The minimum absolute atomic E-state index is 0.0188. The van der Waals surface area contributed by atoms with E-state index < -0.39 is 0 Å². The Bertz CT molecular complexity index is 642. The Morgan fingerprint density at radius 3 is 1.81 bits per heavy atom. The minimum Gasteiger partial charge on any atom is -0.382 e. The van der Waals surface area contributed by atoms with Gasteiger partial charge < -0.3 is 11.1 Å². The molecule has 0 aliphatic rings. The van der Waals surface area contributed by atoms with Gasteiger partial charge >= 0.3 is 0 Å². The molecule has 0 amide bonds. The van der Waals surface area contributed by atoms with Crippen molar-refractivity contribution in [2.45, 2.75) is 6.04 Å². The zero-order chi connectivity index (χ0) is 14.5. The molecule has 0 atom stereocenters. The molecule has 0 radical (unpaired) electrons. The van der Waals surface area contributed by atoms with E-state index in [-0.39, 0.29) is 6.04 Å². The second-order valence-corrected chi connectivity index (χ2v) is 4.73. The lowest BCUT2D eigenvalue weighted by molar-refractivity contribution is 0.922. The van der Waals surface area contributed by atoms with E-state index in [1.165, 1.54) is 11.1 Å². The zero-order valence-electron chi connectivity index (χ0n) is 11.5. The molecule has 0 saturated carbocycles. The minimum atomic E-state index is 0.0188. The fraction of sp³-hybridized carbons (Fsp3) is 0.0588. The van der Waals surface area contributed by atoms with E-state index >= 15 is 0 Å². The van der Waals surface area contributed by atoms with Gasteiger partial charge in [-0.2, -0.15) is 0 Å². The predicted molar refractivity (Wildman–Crippen MR) is 84.8 cm³/mol. The molecule has 3 rings (SSSR count). The maximum atomic E-state index is 5.58. The van der Waals surface area contributed by atoms with Gasteiger partial charge in [0.2, 0.25) is 0 Å². The molecule has 4 heteroatoms. The van der Waals surface area contributed by atoms with Crippen molar-refractivity contribution in [3.8, 4) is 0 Å². The molecule has 0 bridgehead atoms. The highest BCUT2D eigenvalue weighted by molar-refractivity contribution is 5.44. The van der Waals surface area contributed by atoms with Gasteiger partial charge in [0.25, 0.3) is 0 Å². The summed E-state index contributed by atoms with van der Waals surface area (Å²) in [7, 11) is 0. The van der Waals surface area contributed by atoms with Crippen molar-refractivity contribution < 1.29 is 0 Å². The predicted octanol–water partition coefficient (Wildman–Crippen LogP) is 3.26. The van der Waals surface area contributed by atoms with E-state index in [4.69, 9.17) is 5.73 Å². The first-order valence-corrected chi connectivity index (χ1v) is 6.77. The standard InChI is InChI=1S/C17H16N4/c18-15-11-20-16(12-19-15)21-17(13-7-3-1-4-8-13)14-9-5-2-6-10-14/h1-12,17H,(H2,18,19)(H,20,21). The number of hydrogen-bond acceptors (Lipinski definition) is 4. The van der Waals surface area contributed by atoms with Crippen molar-refractivity contribution in [1.82, 2.24) is 9.97 Å². The van der Waals surface area contributed by atoms with Gasteiger partial charge in [0.1, 0.15) is 11.6 Å². The number of hydrogen-bond donors (Lipinski definition) is 2. The fourth-order valence-corrected chi connectivity index (χ4v) is 2.21. The molecular formula is C17H16N4. The molecule has 1 heterocycles. The summed E-state index contributed by atoms with van der Waals surface area (Å²) in [5.41, 5.74) is 7.92. The molecular weight excluding hydrogens is 260 g/mol. The van der Waals surface area contributed by atoms with E-state index in [0.717, 1.165) is 0 Å². The molecule has 4 nitrogen and oxygen atoms in total. The molecule has 0 fully saturated rings. The number of anilines is 2. The first-order valence-electron chi connectivity index (χ1n) is 6.77. The largest absolute Gasteiger partial charge is 0.382 e. The van der Waals surface area contributed by atoms with Crippen LogP contribution in [0, 0.1) is 0 Å². The number of nitrogens with two attached hydrogens (primary N) is 1. The molecule has 21 heavy (non-hydrogen) atoms. The summed E-state index contributed by atoms with van der Waals surface area (Å²) in [6.07, 6.45) is 3.20. The molecule has 3 aromatic rings. The van der Waals surface area contributed by atoms with E-state index in [9.17, 15) is 0 Å². The van der Waals surface area contributed by atoms with Crippen molar-refractivity contribution in [2.75, 3.05) is 11.1 Å². The highest BCUT2D eigenvalue weighted by Gasteiger charge is 2.14. The summed E-state index contributed by atoms with van der Waals surface area (Å²) in [5, 5.41) is 3.41. The average molecular weight is 276 g/mol. The Hall–Kier alpha value is -2.88. The third kappa shape index (κ3) is 3.17. The lowest BCUT2D eigenvalue weighted by atomic mass is 9.99. The first-order chi connectivity index (χ1) is 10.3. The quantitative estimate of drug-likeness (QED) is 0.767. The molecule has 0 aliphatic carbocycles. The Labute approximate surface area is 123 Å². The maximum Gasteiger partial charge on any atom is 0.145 e. The lowest BCUT2D eigenvalue weighted by Crippen LogP contribution is -2.13. The van der Waals surface area contributed by atoms with Crippen LogP contribution < -0.4 is 11.1 Å². The van der Waals surface area contributed by atoms with Crippen molar-refractivity contribution in [1.29, 1.82) is 0 Å². The van der Waals surface area contributed by atoms with Crippen LogP contribution in [0.3, 0.4) is 0 Å². The molecule has 0 spiro atoms. The van der Waals surface area contributed by atoms with E-state index in [0.29, 0.717) is 11.6 Å². The molecule has 0 saturated heterocycles. The van der Waals surface area contributed by atoms with Gasteiger partial charge in [-0.25, -0.2) is 9.97 Å². The van der Waals surface area contributed by atoms with E-state index in [2.05, 4.69) is 39.6 Å². The summed E-state index contributed by atoms with van der Waals surface area (Å²) in [6.45, 7) is 0. The van der Waals surface area contributed by atoms with Gasteiger partial charge in [0, 0.05) is 0 Å². The van der Waals surface area contributed by atoms with E-state index in [1.807, 2.05) is 36.4 Å². The number of benzene rings is 2. The fourth-order valence-electron chi connectivity index (χ4n) is 2.21. The summed E-state index contributed by atoms with van der Waals surface area (Å²) < 4.78 is 0. The van der Waals surface area contributed by atoms with Crippen LogP contribution in [0.5, 0.6) is 0 Å². The molecule has 3 N–H and O–H groups in total. The Balaban J connectivity index is 1.95. The third-order valence-electron chi connectivity index (χ3n) is 3.23. The maximum absolute atomic E-state index is 5.58. The number of aromatic nitrogens is 2. The second-order valence-electron chi connectivity index (χ2n) is 4.73. The summed E-state index contributed by atoms with van der Waals surface area (Å²) >= 11 is 0. The molecule has 0 unspecified atom stereocenters. The van der Waals surface area contributed by atoms with Gasteiger partial charge in [0.15, 0.2) is 0 Å². The Morgan fingerprint density at radius 2 is 1.33 bits per heavy atom. The third-order valence-corrected chi connectivity index (χ3v) is 3.23. The van der Waals surface area contributed by atoms with Crippen LogP contribution >= 0.6 is 0 Å². The van der Waals surface area contributed by atoms with Gasteiger partial charge in [-0.15, -0.1) is 0 Å². The summed E-state index contributed by atoms with van der Waals surface area (Å²) in [5.74, 6) is 1.11. The number of nitrogens with one attached hydrogen (secondary N) is 1. The number of nitrogens with zero attached hydrogens (tertiary/aromatic N) is 2. The zero-order valence-corrected chi connectivity index (χ0v) is 11.5. The van der Waals surface area contributed by atoms with Gasteiger partial charge in [-0.05, 0) is 11.1 Å². The van der Waals surface area contributed by atoms with Crippen LogP contribution in [0.25, 0.3) is 0 Å².